The normalized spacial score (nSPS) is 14.9. The first-order valence-corrected chi connectivity index (χ1v) is 11.0. The second-order valence-electron chi connectivity index (χ2n) is 6.93. The van der Waals surface area contributed by atoms with Gasteiger partial charge in [-0.15, -0.1) is 0 Å². The smallest absolute Gasteiger partial charge is 0.336 e. The van der Waals surface area contributed by atoms with Crippen LogP contribution in [0.2, 0.25) is 0 Å². The van der Waals surface area contributed by atoms with Gasteiger partial charge in [0, 0.05) is 0 Å². The second kappa shape index (κ2) is 9.98. The maximum absolute atomic E-state index is 13.0. The van der Waals surface area contributed by atoms with Gasteiger partial charge in [0.15, 0.2) is 15.8 Å². The zero-order valence-electron chi connectivity index (χ0n) is 17.5. The molecule has 1 saturated heterocycles. The van der Waals surface area contributed by atoms with Gasteiger partial charge < -0.3 is 14.6 Å². The number of carboxylic acids is 1. The summed E-state index contributed by atoms with van der Waals surface area (Å²) in [6, 6.07) is 10.3. The number of nitrogens with zero attached hydrogens (tertiary/aromatic N) is 1. The van der Waals surface area contributed by atoms with E-state index in [2.05, 4.69) is 6.92 Å². The fraction of sp³-hybridized carbons (Fsp3) is 0.261. The molecule has 2 aromatic rings. The van der Waals surface area contributed by atoms with Crippen molar-refractivity contribution in [1.82, 2.24) is 0 Å². The molecule has 31 heavy (non-hydrogen) atoms. The molecule has 1 aliphatic rings. The summed E-state index contributed by atoms with van der Waals surface area (Å²) in [5, 5.41) is 9.38. The molecule has 0 aromatic heterocycles. The Morgan fingerprint density at radius 3 is 2.68 bits per heavy atom. The van der Waals surface area contributed by atoms with E-state index in [4.69, 9.17) is 21.7 Å². The summed E-state index contributed by atoms with van der Waals surface area (Å²) in [5.74, 6) is -0.0995. The first-order valence-electron chi connectivity index (χ1n) is 9.78. The van der Waals surface area contributed by atoms with Crippen LogP contribution in [0, 0.1) is 6.92 Å². The molecule has 2 aromatic carbocycles. The van der Waals surface area contributed by atoms with Crippen LogP contribution in [0.4, 0.5) is 5.69 Å². The van der Waals surface area contributed by atoms with Crippen molar-refractivity contribution in [1.29, 1.82) is 0 Å². The minimum atomic E-state index is -1.05. The van der Waals surface area contributed by atoms with Gasteiger partial charge in [-0.3, -0.25) is 9.69 Å². The highest BCUT2D eigenvalue weighted by Gasteiger charge is 2.33. The highest BCUT2D eigenvalue weighted by Crippen LogP contribution is 2.37. The van der Waals surface area contributed by atoms with Crippen LogP contribution in [0.3, 0.4) is 0 Å². The Morgan fingerprint density at radius 1 is 1.23 bits per heavy atom. The Morgan fingerprint density at radius 2 is 2.00 bits per heavy atom. The molecule has 6 nitrogen and oxygen atoms in total. The Balaban J connectivity index is 1.87. The van der Waals surface area contributed by atoms with Crippen LogP contribution in [-0.2, 0) is 4.79 Å². The van der Waals surface area contributed by atoms with Gasteiger partial charge in [0.1, 0.15) is 0 Å². The number of amides is 1. The van der Waals surface area contributed by atoms with Crippen LogP contribution in [0.1, 0.15) is 41.3 Å². The first-order chi connectivity index (χ1) is 14.8. The van der Waals surface area contributed by atoms with Gasteiger partial charge in [0.2, 0.25) is 0 Å². The van der Waals surface area contributed by atoms with Gasteiger partial charge in [-0.2, -0.15) is 0 Å². The number of benzene rings is 2. The van der Waals surface area contributed by atoms with E-state index >= 15 is 0 Å². The van der Waals surface area contributed by atoms with Crippen molar-refractivity contribution in [2.45, 2.75) is 26.7 Å². The minimum absolute atomic E-state index is 0.138. The number of anilines is 1. The molecule has 0 unspecified atom stereocenters. The number of aromatic carboxylic acids is 1. The molecule has 8 heteroatoms. The summed E-state index contributed by atoms with van der Waals surface area (Å²) in [7, 11) is 1.57. The third-order valence-corrected chi connectivity index (χ3v) is 6.05. The van der Waals surface area contributed by atoms with Crippen molar-refractivity contribution < 1.29 is 24.2 Å². The van der Waals surface area contributed by atoms with Gasteiger partial charge >= 0.3 is 5.97 Å². The molecule has 1 aliphatic heterocycles. The number of carbonyl (C=O) groups is 2. The third-order valence-electron chi connectivity index (χ3n) is 4.74. The number of thioether (sulfide) groups is 1. The number of methoxy groups -OCH3 is 1. The Bertz CT molecular complexity index is 1060. The summed E-state index contributed by atoms with van der Waals surface area (Å²) in [5.41, 5.74) is 1.96. The maximum atomic E-state index is 13.0. The molecule has 162 valence electrons. The molecule has 0 atom stereocenters. The monoisotopic (exact) mass is 457 g/mol. The predicted octanol–water partition coefficient (Wildman–Crippen LogP) is 5.29. The number of unbranched alkanes of at least 4 members (excludes halogenated alkanes) is 1. The molecule has 0 spiro atoms. The van der Waals surface area contributed by atoms with Crippen LogP contribution in [-0.4, -0.2) is 35.0 Å². The molecular formula is C23H23NO5S2. The Kier molecular flexibility index (Phi) is 7.35. The third kappa shape index (κ3) is 5.08. The minimum Gasteiger partial charge on any atom is -0.493 e. The number of ether oxygens (including phenoxy) is 2. The van der Waals surface area contributed by atoms with Crippen LogP contribution >= 0.6 is 24.0 Å². The van der Waals surface area contributed by atoms with Crippen LogP contribution in [0.15, 0.2) is 41.3 Å². The largest absolute Gasteiger partial charge is 0.493 e. The average Bonchev–Trinajstić information content (AvgIpc) is 3.02. The molecular weight excluding hydrogens is 434 g/mol. The molecule has 1 fully saturated rings. The summed E-state index contributed by atoms with van der Waals surface area (Å²) in [6.07, 6.45) is 3.73. The van der Waals surface area contributed by atoms with Crippen molar-refractivity contribution >= 4 is 51.9 Å². The van der Waals surface area contributed by atoms with Crippen molar-refractivity contribution in [3.8, 4) is 11.5 Å². The van der Waals surface area contributed by atoms with Crippen molar-refractivity contribution in [2.75, 3.05) is 18.6 Å². The second-order valence-corrected chi connectivity index (χ2v) is 8.61. The average molecular weight is 458 g/mol. The molecule has 0 bridgehead atoms. The summed E-state index contributed by atoms with van der Waals surface area (Å²) < 4.78 is 11.5. The van der Waals surface area contributed by atoms with E-state index in [1.807, 2.05) is 18.2 Å². The molecule has 0 aliphatic carbocycles. The first kappa shape index (κ1) is 22.8. The highest BCUT2D eigenvalue weighted by molar-refractivity contribution is 8.27. The van der Waals surface area contributed by atoms with Crippen molar-refractivity contribution in [2.24, 2.45) is 0 Å². The van der Waals surface area contributed by atoms with Crippen molar-refractivity contribution in [3.63, 3.8) is 0 Å². The fourth-order valence-electron chi connectivity index (χ4n) is 3.04. The predicted molar refractivity (Wildman–Crippen MR) is 127 cm³/mol. The van der Waals surface area contributed by atoms with Crippen molar-refractivity contribution in [3.05, 3.63) is 58.0 Å². The summed E-state index contributed by atoms with van der Waals surface area (Å²) in [6.45, 7) is 4.42. The number of carboxylic acid groups (broad SMARTS) is 1. The number of rotatable bonds is 8. The number of carbonyl (C=O) groups excluding carboxylic acids is 1. The van der Waals surface area contributed by atoms with E-state index in [1.165, 1.54) is 22.7 Å². The van der Waals surface area contributed by atoms with Gasteiger partial charge in [0.05, 0.1) is 29.9 Å². The lowest BCUT2D eigenvalue weighted by molar-refractivity contribution is -0.113. The number of hydrogen-bond acceptors (Lipinski definition) is 6. The van der Waals surface area contributed by atoms with Gasteiger partial charge in [-0.25, -0.2) is 4.79 Å². The van der Waals surface area contributed by atoms with E-state index < -0.39 is 5.97 Å². The van der Waals surface area contributed by atoms with E-state index in [1.54, 1.807) is 32.2 Å². The quantitative estimate of drug-likeness (QED) is 0.328. The van der Waals surface area contributed by atoms with Gasteiger partial charge in [-0.05, 0) is 54.8 Å². The lowest BCUT2D eigenvalue weighted by Gasteiger charge is -2.16. The SMILES string of the molecule is CCCCOc1ccc(/C=C2\SC(=S)N(c3ccc(C)c(C(=O)O)c3)C2=O)cc1OC. The number of thiocarbonyl (C=S) groups is 1. The molecule has 0 saturated carbocycles. The molecule has 1 amide bonds. The van der Waals surface area contributed by atoms with Gasteiger partial charge in [0.25, 0.3) is 5.91 Å². The Labute approximate surface area is 190 Å². The lowest BCUT2D eigenvalue weighted by atomic mass is 10.1. The number of aryl methyl sites for hydroxylation is 1. The fourth-order valence-corrected chi connectivity index (χ4v) is 4.34. The lowest BCUT2D eigenvalue weighted by Crippen LogP contribution is -2.27. The summed E-state index contributed by atoms with van der Waals surface area (Å²) in [4.78, 5) is 26.3. The van der Waals surface area contributed by atoms with Gasteiger partial charge in [-0.1, -0.05) is 49.5 Å². The maximum Gasteiger partial charge on any atom is 0.336 e. The zero-order chi connectivity index (χ0) is 22.5. The molecule has 3 rings (SSSR count). The highest BCUT2D eigenvalue weighted by atomic mass is 32.2. The van der Waals surface area contributed by atoms with E-state index in [9.17, 15) is 14.7 Å². The summed E-state index contributed by atoms with van der Waals surface area (Å²) >= 11 is 6.57. The molecule has 1 heterocycles. The van der Waals surface area contributed by atoms with E-state index in [0.29, 0.717) is 38.6 Å². The molecule has 1 N–H and O–H groups in total. The van der Waals surface area contributed by atoms with E-state index in [-0.39, 0.29) is 11.5 Å². The van der Waals surface area contributed by atoms with Crippen LogP contribution in [0.25, 0.3) is 6.08 Å². The number of hydrogen-bond donors (Lipinski definition) is 1. The molecule has 0 radical (unpaired) electrons. The Hall–Kier alpha value is -2.84. The van der Waals surface area contributed by atoms with E-state index in [0.717, 1.165) is 18.4 Å². The standard InChI is InChI=1S/C23H23NO5S2/c1-4-5-10-29-18-9-7-15(11-19(18)28-3)12-20-21(25)24(23(30)31-20)16-8-6-14(2)17(13-16)22(26)27/h6-9,11-13H,4-5,10H2,1-3H3,(H,26,27)/b20-12-. The topological polar surface area (TPSA) is 76.1 Å². The van der Waals surface area contributed by atoms with Crippen LogP contribution in [0.5, 0.6) is 11.5 Å². The zero-order valence-corrected chi connectivity index (χ0v) is 19.1. The van der Waals surface area contributed by atoms with Crippen LogP contribution < -0.4 is 14.4 Å².